The summed E-state index contributed by atoms with van der Waals surface area (Å²) in [6, 6.07) is 7.35. The highest BCUT2D eigenvalue weighted by Crippen LogP contribution is 2.14. The Morgan fingerprint density at radius 1 is 1.26 bits per heavy atom. The van der Waals surface area contributed by atoms with Crippen LogP contribution in [0.25, 0.3) is 10.9 Å². The Bertz CT molecular complexity index is 591. The second kappa shape index (κ2) is 5.99. The summed E-state index contributed by atoms with van der Waals surface area (Å²) in [5, 5.41) is 12.7. The first-order valence-corrected chi connectivity index (χ1v) is 6.20. The van der Waals surface area contributed by atoms with Gasteiger partial charge in [0.05, 0.1) is 12.1 Å². The van der Waals surface area contributed by atoms with Crippen molar-refractivity contribution in [3.05, 3.63) is 30.0 Å². The molecule has 0 fully saturated rings. The Balaban J connectivity index is 1.98. The van der Waals surface area contributed by atoms with Crippen LogP contribution in [0.4, 0.5) is 0 Å². The zero-order valence-corrected chi connectivity index (χ0v) is 10.7. The second-order valence-corrected chi connectivity index (χ2v) is 4.15. The summed E-state index contributed by atoms with van der Waals surface area (Å²) < 4.78 is 0. The van der Waals surface area contributed by atoms with Crippen LogP contribution in [0.3, 0.4) is 0 Å². The first-order valence-electron chi connectivity index (χ1n) is 6.20. The molecule has 6 heteroatoms. The van der Waals surface area contributed by atoms with Crippen LogP contribution in [0.1, 0.15) is 23.8 Å². The number of benzene rings is 1. The Hall–Kier alpha value is -2.37. The number of H-pyrrole nitrogens is 1. The van der Waals surface area contributed by atoms with E-state index >= 15 is 0 Å². The van der Waals surface area contributed by atoms with Crippen molar-refractivity contribution >= 4 is 22.7 Å². The van der Waals surface area contributed by atoms with E-state index in [1.165, 1.54) is 0 Å². The van der Waals surface area contributed by atoms with Gasteiger partial charge in [0.25, 0.3) is 5.91 Å². The van der Waals surface area contributed by atoms with Crippen molar-refractivity contribution in [3.63, 3.8) is 0 Å². The Labute approximate surface area is 110 Å². The highest BCUT2D eigenvalue weighted by atomic mass is 16.2. The van der Waals surface area contributed by atoms with Gasteiger partial charge in [0.2, 0.25) is 5.91 Å². The molecule has 1 heterocycles. The van der Waals surface area contributed by atoms with E-state index in [1.54, 1.807) is 0 Å². The molecule has 0 aliphatic heterocycles. The van der Waals surface area contributed by atoms with Gasteiger partial charge in [-0.3, -0.25) is 14.7 Å². The van der Waals surface area contributed by atoms with Crippen LogP contribution in [0.5, 0.6) is 0 Å². The molecule has 3 N–H and O–H groups in total. The fourth-order valence-electron chi connectivity index (χ4n) is 1.71. The topological polar surface area (TPSA) is 86.9 Å². The zero-order chi connectivity index (χ0) is 13.7. The van der Waals surface area contributed by atoms with Gasteiger partial charge in [-0.15, -0.1) is 0 Å². The fraction of sp³-hybridized carbons (Fsp3) is 0.308. The molecule has 2 amide bonds. The first kappa shape index (κ1) is 13.1. The number of carbonyl (C=O) groups excluding carboxylic acids is 2. The van der Waals surface area contributed by atoms with E-state index in [0.717, 1.165) is 17.3 Å². The van der Waals surface area contributed by atoms with E-state index in [9.17, 15) is 9.59 Å². The number of aromatic nitrogens is 2. The zero-order valence-electron chi connectivity index (χ0n) is 10.7. The minimum absolute atomic E-state index is 0.0416. The molecule has 0 atom stereocenters. The highest BCUT2D eigenvalue weighted by Gasteiger charge is 2.14. The van der Waals surface area contributed by atoms with Crippen molar-refractivity contribution in [1.29, 1.82) is 0 Å². The molecule has 0 bridgehead atoms. The molecule has 2 aromatic rings. The van der Waals surface area contributed by atoms with E-state index in [2.05, 4.69) is 20.8 Å². The molecule has 0 saturated carbocycles. The molecule has 0 aliphatic rings. The summed E-state index contributed by atoms with van der Waals surface area (Å²) in [6.45, 7) is 2.54. The second-order valence-electron chi connectivity index (χ2n) is 4.15. The molecule has 0 aliphatic carbocycles. The molecule has 1 aromatic carbocycles. The van der Waals surface area contributed by atoms with E-state index in [4.69, 9.17) is 0 Å². The normalized spacial score (nSPS) is 10.4. The highest BCUT2D eigenvalue weighted by molar-refractivity contribution is 6.05. The van der Waals surface area contributed by atoms with Crippen molar-refractivity contribution in [2.45, 2.75) is 13.3 Å². The molecule has 19 heavy (non-hydrogen) atoms. The number of hydrogen-bond acceptors (Lipinski definition) is 3. The first-order chi connectivity index (χ1) is 9.22. The van der Waals surface area contributed by atoms with Crippen molar-refractivity contribution in [1.82, 2.24) is 20.8 Å². The Morgan fingerprint density at radius 3 is 2.84 bits per heavy atom. The predicted octanol–water partition coefficient (Wildman–Crippen LogP) is 0.819. The van der Waals surface area contributed by atoms with Gasteiger partial charge in [0, 0.05) is 11.9 Å². The maximum absolute atomic E-state index is 11.9. The van der Waals surface area contributed by atoms with Crippen molar-refractivity contribution < 1.29 is 9.59 Å². The lowest BCUT2D eigenvalue weighted by molar-refractivity contribution is -0.120. The third-order valence-electron chi connectivity index (χ3n) is 2.67. The number of carbonyl (C=O) groups is 2. The van der Waals surface area contributed by atoms with Gasteiger partial charge in [-0.05, 0) is 12.5 Å². The smallest absolute Gasteiger partial charge is 0.272 e. The number of fused-ring (bicyclic) bond motifs is 1. The number of aromatic amines is 1. The maximum atomic E-state index is 11.9. The van der Waals surface area contributed by atoms with Crippen LogP contribution in [-0.2, 0) is 4.79 Å². The third kappa shape index (κ3) is 3.09. The Morgan fingerprint density at radius 2 is 2.05 bits per heavy atom. The van der Waals surface area contributed by atoms with Crippen LogP contribution >= 0.6 is 0 Å². The summed E-state index contributed by atoms with van der Waals surface area (Å²) >= 11 is 0. The lowest BCUT2D eigenvalue weighted by Crippen LogP contribution is -2.37. The summed E-state index contributed by atoms with van der Waals surface area (Å²) in [5.41, 5.74) is 1.10. The monoisotopic (exact) mass is 260 g/mol. The van der Waals surface area contributed by atoms with Crippen LogP contribution in [-0.4, -0.2) is 35.1 Å². The minimum atomic E-state index is -0.357. The van der Waals surface area contributed by atoms with E-state index < -0.39 is 0 Å². The summed E-state index contributed by atoms with van der Waals surface area (Å²) in [5.74, 6) is -0.556. The van der Waals surface area contributed by atoms with Gasteiger partial charge in [-0.1, -0.05) is 25.1 Å². The van der Waals surface area contributed by atoms with Gasteiger partial charge < -0.3 is 10.6 Å². The molecular weight excluding hydrogens is 244 g/mol. The molecule has 1 aromatic heterocycles. The predicted molar refractivity (Wildman–Crippen MR) is 71.7 cm³/mol. The average molecular weight is 260 g/mol. The maximum Gasteiger partial charge on any atom is 0.272 e. The van der Waals surface area contributed by atoms with Gasteiger partial charge in [0.15, 0.2) is 5.69 Å². The number of rotatable bonds is 5. The van der Waals surface area contributed by atoms with Crippen molar-refractivity contribution in [3.8, 4) is 0 Å². The van der Waals surface area contributed by atoms with E-state index in [-0.39, 0.29) is 18.4 Å². The quantitative estimate of drug-likeness (QED) is 0.743. The van der Waals surface area contributed by atoms with Gasteiger partial charge in [0.1, 0.15) is 0 Å². The molecule has 0 spiro atoms. The number of para-hydroxylation sites is 1. The molecule has 0 saturated heterocycles. The average Bonchev–Trinajstić information content (AvgIpc) is 2.86. The lowest BCUT2D eigenvalue weighted by Gasteiger charge is -2.04. The minimum Gasteiger partial charge on any atom is -0.355 e. The van der Waals surface area contributed by atoms with Crippen molar-refractivity contribution in [2.24, 2.45) is 0 Å². The third-order valence-corrected chi connectivity index (χ3v) is 2.67. The lowest BCUT2D eigenvalue weighted by atomic mass is 10.2. The van der Waals surface area contributed by atoms with Crippen LogP contribution in [0.2, 0.25) is 0 Å². The number of amides is 2. The molecule has 0 radical (unpaired) electrons. The van der Waals surface area contributed by atoms with Gasteiger partial charge >= 0.3 is 0 Å². The van der Waals surface area contributed by atoms with E-state index in [1.807, 2.05) is 31.2 Å². The van der Waals surface area contributed by atoms with Crippen LogP contribution in [0.15, 0.2) is 24.3 Å². The summed E-state index contributed by atoms with van der Waals surface area (Å²) in [7, 11) is 0. The van der Waals surface area contributed by atoms with E-state index in [0.29, 0.717) is 12.2 Å². The number of hydrogen-bond donors (Lipinski definition) is 3. The summed E-state index contributed by atoms with van der Waals surface area (Å²) in [6.07, 6.45) is 0.865. The molecule has 100 valence electrons. The summed E-state index contributed by atoms with van der Waals surface area (Å²) in [4.78, 5) is 23.3. The molecular formula is C13H16N4O2. The number of nitrogens with zero attached hydrogens (tertiary/aromatic N) is 1. The number of nitrogens with one attached hydrogen (secondary N) is 3. The standard InChI is InChI=1S/C13H16N4O2/c1-2-7-14-11(18)8-15-13(19)12-9-5-3-4-6-10(9)16-17-12/h3-6H,2,7-8H2,1H3,(H,14,18)(H,15,19)(H,16,17). The molecule has 6 nitrogen and oxygen atoms in total. The molecule has 0 unspecified atom stereocenters. The SMILES string of the molecule is CCCNC(=O)CNC(=O)c1n[nH]c2ccccc12. The Kier molecular flexibility index (Phi) is 4.12. The van der Waals surface area contributed by atoms with Gasteiger partial charge in [-0.25, -0.2) is 0 Å². The van der Waals surface area contributed by atoms with Crippen molar-refractivity contribution in [2.75, 3.05) is 13.1 Å². The van der Waals surface area contributed by atoms with Crippen LogP contribution < -0.4 is 10.6 Å². The largest absolute Gasteiger partial charge is 0.355 e. The van der Waals surface area contributed by atoms with Gasteiger partial charge in [-0.2, -0.15) is 5.10 Å². The fourth-order valence-corrected chi connectivity index (χ4v) is 1.71. The van der Waals surface area contributed by atoms with Crippen LogP contribution in [0, 0.1) is 0 Å². The molecule has 2 rings (SSSR count).